The van der Waals surface area contributed by atoms with Crippen LogP contribution in [0.2, 0.25) is 0 Å². The van der Waals surface area contributed by atoms with E-state index in [1.807, 2.05) is 0 Å². The van der Waals surface area contributed by atoms with Gasteiger partial charge in [-0.2, -0.15) is 0 Å². The summed E-state index contributed by atoms with van der Waals surface area (Å²) in [6.07, 6.45) is 9.68. The first-order valence-corrected chi connectivity index (χ1v) is 12.2. The Balaban J connectivity index is 1.75. The van der Waals surface area contributed by atoms with E-state index in [9.17, 15) is 15.0 Å². The second kappa shape index (κ2) is 8.86. The van der Waals surface area contributed by atoms with E-state index in [0.29, 0.717) is 36.0 Å². The van der Waals surface area contributed by atoms with Crippen molar-refractivity contribution in [3.63, 3.8) is 0 Å². The molecule has 0 aromatic carbocycles. The summed E-state index contributed by atoms with van der Waals surface area (Å²) >= 11 is 0. The number of carbonyl (C=O) groups excluding carboxylic acids is 1. The lowest BCUT2D eigenvalue weighted by molar-refractivity contribution is -0.159. The number of fused-ring (bicyclic) bond motifs is 3. The van der Waals surface area contributed by atoms with Gasteiger partial charge in [0, 0.05) is 13.5 Å². The monoisotopic (exact) mass is 407 g/mol. The Hall–Kier alpha value is -0.610. The van der Waals surface area contributed by atoms with Gasteiger partial charge in [-0.15, -0.1) is 0 Å². The molecule has 3 aliphatic carbocycles. The second-order valence-corrected chi connectivity index (χ2v) is 11.2. The zero-order chi connectivity index (χ0) is 21.4. The van der Waals surface area contributed by atoms with Crippen molar-refractivity contribution in [2.75, 3.05) is 7.05 Å². The average Bonchev–Trinajstić information content (AvgIpc) is 2.68. The molecule has 0 saturated heterocycles. The van der Waals surface area contributed by atoms with Gasteiger partial charge in [0.25, 0.3) is 0 Å². The van der Waals surface area contributed by atoms with Crippen LogP contribution in [0, 0.1) is 40.4 Å². The van der Waals surface area contributed by atoms with Crippen molar-refractivity contribution >= 4 is 5.91 Å². The van der Waals surface area contributed by atoms with Crippen LogP contribution in [0.5, 0.6) is 0 Å². The van der Waals surface area contributed by atoms with Crippen molar-refractivity contribution in [1.82, 2.24) is 5.32 Å². The Morgan fingerprint density at radius 1 is 1.17 bits per heavy atom. The van der Waals surface area contributed by atoms with Gasteiger partial charge in [0.15, 0.2) is 0 Å². The van der Waals surface area contributed by atoms with Gasteiger partial charge in [0.2, 0.25) is 5.91 Å². The molecule has 3 aliphatic rings. The molecule has 0 spiro atoms. The van der Waals surface area contributed by atoms with Crippen molar-refractivity contribution in [2.45, 2.75) is 104 Å². The number of rotatable bonds is 6. The number of amides is 1. The summed E-state index contributed by atoms with van der Waals surface area (Å²) in [5.74, 6) is 2.91. The van der Waals surface area contributed by atoms with Gasteiger partial charge in [-0.05, 0) is 91.8 Å². The molecule has 3 saturated carbocycles. The van der Waals surface area contributed by atoms with Crippen LogP contribution in [-0.2, 0) is 4.79 Å². The van der Waals surface area contributed by atoms with E-state index in [2.05, 4.69) is 33.0 Å². The van der Waals surface area contributed by atoms with Gasteiger partial charge >= 0.3 is 0 Å². The average molecular weight is 408 g/mol. The molecule has 0 heterocycles. The van der Waals surface area contributed by atoms with Crippen LogP contribution in [0.1, 0.15) is 91.9 Å². The summed E-state index contributed by atoms with van der Waals surface area (Å²) < 4.78 is 0. The Bertz CT molecular complexity index is 580. The number of aliphatic hydroxyl groups is 2. The predicted octanol–water partition coefficient (Wildman–Crippen LogP) is 4.53. The molecule has 29 heavy (non-hydrogen) atoms. The molecule has 0 aliphatic heterocycles. The molecular weight excluding hydrogens is 362 g/mol. The Morgan fingerprint density at radius 2 is 1.90 bits per heavy atom. The fraction of sp³-hybridized carbons (Fsp3) is 0.960. The summed E-state index contributed by atoms with van der Waals surface area (Å²) in [4.78, 5) is 11.7. The maximum absolute atomic E-state index is 11.7. The predicted molar refractivity (Wildman–Crippen MR) is 117 cm³/mol. The fourth-order valence-electron chi connectivity index (χ4n) is 8.01. The van der Waals surface area contributed by atoms with E-state index in [1.165, 1.54) is 12.8 Å². The highest BCUT2D eigenvalue weighted by molar-refractivity contribution is 5.75. The first-order valence-electron chi connectivity index (χ1n) is 12.2. The normalized spacial score (nSPS) is 44.3. The highest BCUT2D eigenvalue weighted by Gasteiger charge is 2.57. The summed E-state index contributed by atoms with van der Waals surface area (Å²) in [6.45, 7) is 9.32. The summed E-state index contributed by atoms with van der Waals surface area (Å²) in [5, 5.41) is 24.4. The molecule has 4 nitrogen and oxygen atoms in total. The maximum atomic E-state index is 11.7. The highest BCUT2D eigenvalue weighted by Crippen LogP contribution is 2.63. The summed E-state index contributed by atoms with van der Waals surface area (Å²) in [7, 11) is 1.71. The van der Waals surface area contributed by atoms with Crippen LogP contribution in [0.25, 0.3) is 0 Å². The van der Waals surface area contributed by atoms with Crippen molar-refractivity contribution in [3.8, 4) is 0 Å². The third-order valence-corrected chi connectivity index (χ3v) is 9.83. The van der Waals surface area contributed by atoms with Crippen LogP contribution in [0.4, 0.5) is 0 Å². The van der Waals surface area contributed by atoms with Crippen LogP contribution in [0.15, 0.2) is 0 Å². The van der Waals surface area contributed by atoms with Crippen LogP contribution >= 0.6 is 0 Å². The molecule has 0 radical (unpaired) electrons. The zero-order valence-corrected chi connectivity index (χ0v) is 19.4. The molecule has 3 fully saturated rings. The Morgan fingerprint density at radius 3 is 2.55 bits per heavy atom. The van der Waals surface area contributed by atoms with Crippen molar-refractivity contribution < 1.29 is 15.0 Å². The molecule has 4 heteroatoms. The molecule has 9 atom stereocenters. The SMILES string of the molecule is CC[C@H]([C@H](C)CCC(=O)NC)[C@]1(C)C[C@@H]2CC[C@@H]3C[C@H](O)CC[C@@]3(C)[C@@H]2C[C@@H]1O. The highest BCUT2D eigenvalue weighted by atomic mass is 16.3. The van der Waals surface area contributed by atoms with E-state index in [0.717, 1.165) is 44.9 Å². The molecular formula is C25H45NO3. The lowest BCUT2D eigenvalue weighted by Gasteiger charge is -2.61. The Labute approximate surface area is 178 Å². The maximum Gasteiger partial charge on any atom is 0.219 e. The largest absolute Gasteiger partial charge is 0.393 e. The lowest BCUT2D eigenvalue weighted by Crippen LogP contribution is -2.56. The third-order valence-electron chi connectivity index (χ3n) is 9.83. The topological polar surface area (TPSA) is 69.6 Å². The first kappa shape index (κ1) is 23.1. The number of nitrogens with one attached hydrogen (secondary N) is 1. The van der Waals surface area contributed by atoms with Gasteiger partial charge in [-0.3, -0.25) is 4.79 Å². The fourth-order valence-corrected chi connectivity index (χ4v) is 8.01. The Kier molecular flexibility index (Phi) is 7.05. The van der Waals surface area contributed by atoms with E-state index < -0.39 is 0 Å². The van der Waals surface area contributed by atoms with E-state index in [-0.39, 0.29) is 28.9 Å². The number of carbonyl (C=O) groups is 1. The minimum atomic E-state index is -0.265. The first-order chi connectivity index (χ1) is 13.7. The smallest absolute Gasteiger partial charge is 0.219 e. The van der Waals surface area contributed by atoms with E-state index in [4.69, 9.17) is 0 Å². The summed E-state index contributed by atoms with van der Waals surface area (Å²) in [6, 6.07) is 0. The number of aliphatic hydroxyl groups excluding tert-OH is 2. The molecule has 0 unspecified atom stereocenters. The van der Waals surface area contributed by atoms with Gasteiger partial charge in [-0.1, -0.05) is 34.1 Å². The van der Waals surface area contributed by atoms with Crippen LogP contribution < -0.4 is 5.32 Å². The minimum Gasteiger partial charge on any atom is -0.393 e. The van der Waals surface area contributed by atoms with Crippen molar-refractivity contribution in [3.05, 3.63) is 0 Å². The second-order valence-electron chi connectivity index (χ2n) is 11.2. The molecule has 0 bridgehead atoms. The van der Waals surface area contributed by atoms with Crippen molar-refractivity contribution in [2.24, 2.45) is 40.4 Å². The standard InChI is InChI=1S/C25H45NO3/c1-6-20(16(2)7-10-23(29)26-5)25(4)15-17-8-9-18-13-19(27)11-12-24(18,3)21(17)14-22(25)28/h16-22,27-28H,6-15H2,1-5H3,(H,26,29)/t16-,17+,18-,19-,20-,21-,22+,24-,25+/m1/s1. The summed E-state index contributed by atoms with van der Waals surface area (Å²) in [5.41, 5.74) is 0.229. The minimum absolute atomic E-state index is 0.0601. The molecule has 0 aromatic heterocycles. The molecule has 3 N–H and O–H groups in total. The van der Waals surface area contributed by atoms with E-state index in [1.54, 1.807) is 7.05 Å². The van der Waals surface area contributed by atoms with Crippen LogP contribution in [0.3, 0.4) is 0 Å². The van der Waals surface area contributed by atoms with Crippen molar-refractivity contribution in [1.29, 1.82) is 0 Å². The quantitative estimate of drug-likeness (QED) is 0.606. The molecule has 0 aromatic rings. The van der Waals surface area contributed by atoms with Gasteiger partial charge in [0.05, 0.1) is 12.2 Å². The number of hydrogen-bond acceptors (Lipinski definition) is 3. The van der Waals surface area contributed by atoms with Gasteiger partial charge in [0.1, 0.15) is 0 Å². The molecule has 1 amide bonds. The van der Waals surface area contributed by atoms with Gasteiger partial charge < -0.3 is 15.5 Å². The molecule has 168 valence electrons. The third kappa shape index (κ3) is 4.26. The van der Waals surface area contributed by atoms with E-state index >= 15 is 0 Å². The van der Waals surface area contributed by atoms with Crippen LogP contribution in [-0.4, -0.2) is 35.4 Å². The zero-order valence-electron chi connectivity index (χ0n) is 19.4. The lowest BCUT2D eigenvalue weighted by atomic mass is 9.45. The van der Waals surface area contributed by atoms with Gasteiger partial charge in [-0.25, -0.2) is 0 Å². The molecule has 3 rings (SSSR count). The number of hydrogen-bond donors (Lipinski definition) is 3.